The van der Waals surface area contributed by atoms with Gasteiger partial charge in [0, 0.05) is 11.1 Å². The molecule has 0 saturated heterocycles. The molecule has 0 aliphatic carbocycles. The number of aliphatic hydroxyl groups is 1. The first-order chi connectivity index (χ1) is 9.52. The van der Waals surface area contributed by atoms with Crippen LogP contribution in [0.2, 0.25) is 0 Å². The lowest BCUT2D eigenvalue weighted by Crippen LogP contribution is -2.29. The molecule has 2 aromatic rings. The highest BCUT2D eigenvalue weighted by Gasteiger charge is 2.12. The molecule has 1 N–H and O–H groups in total. The topological polar surface area (TPSA) is 64.3 Å². The summed E-state index contributed by atoms with van der Waals surface area (Å²) in [4.78, 5) is 16.2. The third-order valence-electron chi connectivity index (χ3n) is 2.77. The fourth-order valence-electron chi connectivity index (χ4n) is 1.86. The first kappa shape index (κ1) is 15.1. The lowest BCUT2D eigenvalue weighted by Gasteiger charge is -2.12. The van der Waals surface area contributed by atoms with Gasteiger partial charge in [-0.1, -0.05) is 15.9 Å². The van der Waals surface area contributed by atoms with Crippen molar-refractivity contribution in [2.45, 2.75) is 19.6 Å². The molecule has 0 radical (unpaired) electrons. The summed E-state index contributed by atoms with van der Waals surface area (Å²) in [6.45, 7) is 2.49. The first-order valence-electron chi connectivity index (χ1n) is 6.13. The maximum Gasteiger partial charge on any atom is 0.261 e. The van der Waals surface area contributed by atoms with Crippen LogP contribution in [0, 0.1) is 5.82 Å². The molecular formula is C13H14BrFN2O3. The van der Waals surface area contributed by atoms with E-state index < -0.39 is 17.5 Å². The van der Waals surface area contributed by atoms with Gasteiger partial charge >= 0.3 is 0 Å². The van der Waals surface area contributed by atoms with E-state index in [2.05, 4.69) is 20.9 Å². The number of rotatable bonds is 5. The molecule has 0 aliphatic rings. The molecule has 108 valence electrons. The van der Waals surface area contributed by atoms with Gasteiger partial charge in [0.05, 0.1) is 31.0 Å². The molecule has 7 heteroatoms. The number of ether oxygens (including phenoxy) is 1. The van der Waals surface area contributed by atoms with E-state index in [1.165, 1.54) is 23.0 Å². The summed E-state index contributed by atoms with van der Waals surface area (Å²) in [5.74, 6) is -0.562. The van der Waals surface area contributed by atoms with E-state index in [4.69, 9.17) is 4.74 Å². The normalized spacial score (nSPS) is 12.8. The minimum absolute atomic E-state index is 0.0220. The van der Waals surface area contributed by atoms with E-state index in [1.54, 1.807) is 0 Å². The smallest absolute Gasteiger partial charge is 0.261 e. The SMILES string of the molecule is CCOC[C@H](O)Cn1cnc2c(F)cc(Br)cc2c1=O. The second-order valence-electron chi connectivity index (χ2n) is 4.30. The quantitative estimate of drug-likeness (QED) is 0.896. The van der Waals surface area contributed by atoms with Crippen LogP contribution in [0.25, 0.3) is 10.9 Å². The molecule has 0 saturated carbocycles. The molecular weight excluding hydrogens is 331 g/mol. The van der Waals surface area contributed by atoms with E-state index in [9.17, 15) is 14.3 Å². The Hall–Kier alpha value is -1.31. The molecule has 1 atom stereocenters. The van der Waals surface area contributed by atoms with Gasteiger partial charge < -0.3 is 9.84 Å². The molecule has 0 unspecified atom stereocenters. The number of nitrogens with zero attached hydrogens (tertiary/aromatic N) is 2. The first-order valence-corrected chi connectivity index (χ1v) is 6.92. The van der Waals surface area contributed by atoms with Gasteiger partial charge in [-0.25, -0.2) is 9.37 Å². The second-order valence-corrected chi connectivity index (χ2v) is 5.21. The van der Waals surface area contributed by atoms with Crippen LogP contribution in [0.5, 0.6) is 0 Å². The van der Waals surface area contributed by atoms with Gasteiger partial charge in [0.25, 0.3) is 5.56 Å². The van der Waals surface area contributed by atoms with Crippen molar-refractivity contribution >= 4 is 26.8 Å². The Balaban J connectivity index is 2.37. The summed E-state index contributed by atoms with van der Waals surface area (Å²) >= 11 is 3.14. The number of aliphatic hydroxyl groups excluding tert-OH is 1. The van der Waals surface area contributed by atoms with E-state index in [0.717, 1.165) is 0 Å². The Morgan fingerprint density at radius 2 is 2.30 bits per heavy atom. The molecule has 0 aliphatic heterocycles. The van der Waals surface area contributed by atoms with Crippen molar-refractivity contribution in [2.75, 3.05) is 13.2 Å². The van der Waals surface area contributed by atoms with Crippen molar-refractivity contribution < 1.29 is 14.2 Å². The lowest BCUT2D eigenvalue weighted by molar-refractivity contribution is 0.0329. The molecule has 2 rings (SSSR count). The van der Waals surface area contributed by atoms with Crippen molar-refractivity contribution in [1.82, 2.24) is 9.55 Å². The third-order valence-corrected chi connectivity index (χ3v) is 3.23. The highest BCUT2D eigenvalue weighted by Crippen LogP contribution is 2.18. The monoisotopic (exact) mass is 344 g/mol. The standard InChI is InChI=1S/C13H14BrFN2O3/c1-2-20-6-9(18)5-17-7-16-12-10(13(17)19)3-8(14)4-11(12)15/h3-4,7,9,18H,2,5-6H2,1H3/t9-/m1/s1. The Bertz CT molecular complexity index is 674. The Kier molecular flexibility index (Phi) is 4.85. The number of aromatic nitrogens is 2. The summed E-state index contributed by atoms with van der Waals surface area (Å²) in [5.41, 5.74) is -0.375. The molecule has 0 spiro atoms. The predicted molar refractivity (Wildman–Crippen MR) is 76.2 cm³/mol. The number of hydrogen-bond donors (Lipinski definition) is 1. The highest BCUT2D eigenvalue weighted by molar-refractivity contribution is 9.10. The average molecular weight is 345 g/mol. The zero-order valence-electron chi connectivity index (χ0n) is 10.8. The van der Waals surface area contributed by atoms with Crippen LogP contribution in [0.4, 0.5) is 4.39 Å². The van der Waals surface area contributed by atoms with Gasteiger partial charge in [-0.2, -0.15) is 0 Å². The van der Waals surface area contributed by atoms with Crippen LogP contribution < -0.4 is 5.56 Å². The maximum absolute atomic E-state index is 13.7. The lowest BCUT2D eigenvalue weighted by atomic mass is 10.2. The average Bonchev–Trinajstić information content (AvgIpc) is 2.40. The molecule has 1 aromatic heterocycles. The van der Waals surface area contributed by atoms with Gasteiger partial charge in [-0.3, -0.25) is 9.36 Å². The van der Waals surface area contributed by atoms with Gasteiger partial charge in [-0.15, -0.1) is 0 Å². The van der Waals surface area contributed by atoms with Gasteiger partial charge in [0.1, 0.15) is 5.52 Å². The van der Waals surface area contributed by atoms with Crippen molar-refractivity contribution in [2.24, 2.45) is 0 Å². The van der Waals surface area contributed by atoms with Gasteiger partial charge in [-0.05, 0) is 19.1 Å². The van der Waals surface area contributed by atoms with Crippen LogP contribution in [-0.4, -0.2) is 34.0 Å². The van der Waals surface area contributed by atoms with Crippen molar-refractivity contribution in [1.29, 1.82) is 0 Å². The Labute approximate surface area is 123 Å². The van der Waals surface area contributed by atoms with Crippen LogP contribution in [0.3, 0.4) is 0 Å². The molecule has 1 heterocycles. The van der Waals surface area contributed by atoms with Crippen LogP contribution in [0.15, 0.2) is 27.7 Å². The molecule has 20 heavy (non-hydrogen) atoms. The summed E-state index contributed by atoms with van der Waals surface area (Å²) in [7, 11) is 0. The Morgan fingerprint density at radius 3 is 3.00 bits per heavy atom. The van der Waals surface area contributed by atoms with Gasteiger partial charge in [0.15, 0.2) is 5.82 Å². The number of benzene rings is 1. The second kappa shape index (κ2) is 6.43. The van der Waals surface area contributed by atoms with E-state index >= 15 is 0 Å². The number of halogens is 2. The van der Waals surface area contributed by atoms with E-state index in [0.29, 0.717) is 11.1 Å². The largest absolute Gasteiger partial charge is 0.389 e. The van der Waals surface area contributed by atoms with Crippen molar-refractivity contribution in [3.05, 3.63) is 39.1 Å². The van der Waals surface area contributed by atoms with Gasteiger partial charge in [0.2, 0.25) is 0 Å². The fraction of sp³-hybridized carbons (Fsp3) is 0.385. The van der Waals surface area contributed by atoms with E-state index in [1.807, 2.05) is 6.92 Å². The molecule has 0 amide bonds. The number of hydrogen-bond acceptors (Lipinski definition) is 4. The summed E-state index contributed by atoms with van der Waals surface area (Å²) in [6, 6.07) is 2.77. The number of fused-ring (bicyclic) bond motifs is 1. The third kappa shape index (κ3) is 3.23. The summed E-state index contributed by atoms with van der Waals surface area (Å²) in [6.07, 6.45) is 0.417. The van der Waals surface area contributed by atoms with Crippen LogP contribution in [0.1, 0.15) is 6.92 Å². The van der Waals surface area contributed by atoms with Crippen molar-refractivity contribution in [3.63, 3.8) is 0 Å². The maximum atomic E-state index is 13.7. The molecule has 1 aromatic carbocycles. The fourth-order valence-corrected chi connectivity index (χ4v) is 2.29. The van der Waals surface area contributed by atoms with Crippen LogP contribution in [-0.2, 0) is 11.3 Å². The molecule has 0 bridgehead atoms. The molecule has 5 nitrogen and oxygen atoms in total. The Morgan fingerprint density at radius 1 is 1.55 bits per heavy atom. The van der Waals surface area contributed by atoms with E-state index in [-0.39, 0.29) is 24.1 Å². The summed E-state index contributed by atoms with van der Waals surface area (Å²) < 4.78 is 20.5. The summed E-state index contributed by atoms with van der Waals surface area (Å²) in [5, 5.41) is 9.91. The van der Waals surface area contributed by atoms with Crippen LogP contribution >= 0.6 is 15.9 Å². The zero-order chi connectivity index (χ0) is 14.7. The predicted octanol–water partition coefficient (Wildman–Crippen LogP) is 1.70. The van der Waals surface area contributed by atoms with Crippen molar-refractivity contribution in [3.8, 4) is 0 Å². The highest BCUT2D eigenvalue weighted by atomic mass is 79.9. The minimum atomic E-state index is -0.816. The minimum Gasteiger partial charge on any atom is -0.389 e. The zero-order valence-corrected chi connectivity index (χ0v) is 12.4. The molecule has 0 fully saturated rings.